The number of amides is 3. The van der Waals surface area contributed by atoms with Crippen LogP contribution in [0.25, 0.3) is 0 Å². The van der Waals surface area contributed by atoms with Gasteiger partial charge in [0.25, 0.3) is 5.91 Å². The molecular weight excluding hydrogens is 261 g/mol. The maximum atomic E-state index is 14.7. The van der Waals surface area contributed by atoms with Gasteiger partial charge in [-0.25, -0.2) is 9.18 Å². The van der Waals surface area contributed by atoms with Gasteiger partial charge in [0, 0.05) is 31.7 Å². The summed E-state index contributed by atoms with van der Waals surface area (Å²) in [6, 6.07) is 8.63. The number of urea groups is 1. The zero-order valence-electron chi connectivity index (χ0n) is 11.2. The highest BCUT2D eigenvalue weighted by Gasteiger charge is 2.60. The van der Waals surface area contributed by atoms with Crippen molar-refractivity contribution in [2.75, 3.05) is 32.0 Å². The molecule has 2 aliphatic heterocycles. The number of carbonyl (C=O) groups excluding carboxylic acids is 2. The first-order chi connectivity index (χ1) is 9.50. The van der Waals surface area contributed by atoms with Crippen molar-refractivity contribution < 1.29 is 14.0 Å². The van der Waals surface area contributed by atoms with Crippen molar-refractivity contribution in [3.8, 4) is 0 Å². The van der Waals surface area contributed by atoms with Crippen molar-refractivity contribution in [3.63, 3.8) is 0 Å². The van der Waals surface area contributed by atoms with Gasteiger partial charge in [-0.2, -0.15) is 0 Å². The number of nitrogens with one attached hydrogen (secondary N) is 1. The molecule has 1 aromatic rings. The van der Waals surface area contributed by atoms with Crippen molar-refractivity contribution in [2.45, 2.75) is 5.67 Å². The summed E-state index contributed by atoms with van der Waals surface area (Å²) in [6.45, 7) is 0.467. The van der Waals surface area contributed by atoms with Crippen molar-refractivity contribution >= 4 is 17.6 Å². The molecule has 2 fully saturated rings. The lowest BCUT2D eigenvalue weighted by atomic mass is 9.97. The van der Waals surface area contributed by atoms with Crippen LogP contribution < -0.4 is 5.32 Å². The maximum absolute atomic E-state index is 14.7. The van der Waals surface area contributed by atoms with Gasteiger partial charge in [0.05, 0.1) is 6.54 Å². The van der Waals surface area contributed by atoms with E-state index in [-0.39, 0.29) is 19.1 Å². The monoisotopic (exact) mass is 277 g/mol. The van der Waals surface area contributed by atoms with Crippen LogP contribution in [0, 0.1) is 5.92 Å². The average molecular weight is 277 g/mol. The lowest BCUT2D eigenvalue weighted by Crippen LogP contribution is -2.43. The summed E-state index contributed by atoms with van der Waals surface area (Å²) in [6.07, 6.45) is 0. The molecule has 1 aromatic carbocycles. The van der Waals surface area contributed by atoms with Crippen LogP contribution in [0.5, 0.6) is 0 Å². The van der Waals surface area contributed by atoms with Crippen LogP contribution in [0.4, 0.5) is 14.9 Å². The number of rotatable bonds is 1. The maximum Gasteiger partial charge on any atom is 0.321 e. The molecule has 0 radical (unpaired) electrons. The van der Waals surface area contributed by atoms with Gasteiger partial charge in [-0.15, -0.1) is 0 Å². The predicted octanol–water partition coefficient (Wildman–Crippen LogP) is 1.33. The van der Waals surface area contributed by atoms with Crippen LogP contribution >= 0.6 is 0 Å². The Kier molecular flexibility index (Phi) is 2.88. The molecule has 0 unspecified atom stereocenters. The minimum Gasteiger partial charge on any atom is -0.342 e. The summed E-state index contributed by atoms with van der Waals surface area (Å²) in [5.41, 5.74) is -1.26. The number of likely N-dealkylation sites (tertiary alicyclic amines) is 2. The molecule has 106 valence electrons. The number of fused-ring (bicyclic) bond motifs is 1. The molecule has 20 heavy (non-hydrogen) atoms. The minimum absolute atomic E-state index is 0.167. The summed E-state index contributed by atoms with van der Waals surface area (Å²) in [7, 11) is 1.59. The first-order valence-electron chi connectivity index (χ1n) is 6.56. The first kappa shape index (κ1) is 12.9. The number of benzene rings is 1. The largest absolute Gasteiger partial charge is 0.342 e. The fourth-order valence-corrected chi connectivity index (χ4v) is 2.94. The van der Waals surface area contributed by atoms with E-state index in [1.54, 1.807) is 19.2 Å². The van der Waals surface area contributed by atoms with Crippen molar-refractivity contribution in [3.05, 3.63) is 30.3 Å². The summed E-state index contributed by atoms with van der Waals surface area (Å²) in [5, 5.41) is 2.71. The number of carbonyl (C=O) groups is 2. The van der Waals surface area contributed by atoms with E-state index >= 15 is 0 Å². The van der Waals surface area contributed by atoms with E-state index in [1.807, 2.05) is 18.2 Å². The molecule has 2 atom stereocenters. The van der Waals surface area contributed by atoms with Gasteiger partial charge >= 0.3 is 6.03 Å². The molecule has 0 aromatic heterocycles. The van der Waals surface area contributed by atoms with Crippen LogP contribution in [-0.2, 0) is 4.79 Å². The zero-order chi connectivity index (χ0) is 14.3. The third-order valence-corrected chi connectivity index (χ3v) is 4.02. The molecule has 3 rings (SSSR count). The first-order valence-corrected chi connectivity index (χ1v) is 6.56. The molecular formula is C14H16FN3O2. The Hall–Kier alpha value is -2.11. The summed E-state index contributed by atoms with van der Waals surface area (Å²) in [5.74, 6) is -0.945. The van der Waals surface area contributed by atoms with Gasteiger partial charge in [-0.1, -0.05) is 18.2 Å². The second-order valence-electron chi connectivity index (χ2n) is 5.42. The van der Waals surface area contributed by atoms with E-state index in [0.29, 0.717) is 12.2 Å². The number of alkyl halides is 1. The van der Waals surface area contributed by atoms with Gasteiger partial charge in [0.15, 0.2) is 0 Å². The molecule has 0 aliphatic carbocycles. The molecule has 0 bridgehead atoms. The quantitative estimate of drug-likeness (QED) is 0.842. The summed E-state index contributed by atoms with van der Waals surface area (Å²) < 4.78 is 14.7. The van der Waals surface area contributed by atoms with Crippen LogP contribution in [0.2, 0.25) is 0 Å². The number of anilines is 1. The number of nitrogens with zero attached hydrogens (tertiary/aromatic N) is 2. The third-order valence-electron chi connectivity index (χ3n) is 4.02. The molecule has 6 heteroatoms. The van der Waals surface area contributed by atoms with E-state index in [1.165, 1.54) is 9.80 Å². The molecule has 2 aliphatic rings. The van der Waals surface area contributed by atoms with Crippen molar-refractivity contribution in [1.29, 1.82) is 0 Å². The van der Waals surface area contributed by atoms with E-state index in [2.05, 4.69) is 5.32 Å². The Balaban J connectivity index is 1.69. The SMILES string of the molecule is CN1C[C@H]2CN(C(=O)Nc3ccccc3)C[C@@]2(F)C1=O. The molecule has 1 N–H and O–H groups in total. The van der Waals surface area contributed by atoms with Crippen molar-refractivity contribution in [1.82, 2.24) is 9.80 Å². The lowest BCUT2D eigenvalue weighted by Gasteiger charge is -2.21. The Morgan fingerprint density at radius 3 is 2.70 bits per heavy atom. The topological polar surface area (TPSA) is 52.6 Å². The summed E-state index contributed by atoms with van der Waals surface area (Å²) >= 11 is 0. The number of hydrogen-bond acceptors (Lipinski definition) is 2. The lowest BCUT2D eigenvalue weighted by molar-refractivity contribution is -0.136. The van der Waals surface area contributed by atoms with Gasteiger partial charge in [-0.05, 0) is 12.1 Å². The Morgan fingerprint density at radius 1 is 1.35 bits per heavy atom. The molecule has 5 nitrogen and oxygen atoms in total. The standard InChI is InChI=1S/C14H16FN3O2/c1-17-7-10-8-18(9-14(10,15)12(17)19)13(20)16-11-5-3-2-4-6-11/h2-6,10H,7-9H2,1H3,(H,16,20)/t10-,14-/m0/s1. The highest BCUT2D eigenvalue weighted by atomic mass is 19.1. The van der Waals surface area contributed by atoms with Crippen molar-refractivity contribution in [2.24, 2.45) is 5.92 Å². The molecule has 2 saturated heterocycles. The molecule has 2 heterocycles. The van der Waals surface area contributed by atoms with Crippen LogP contribution in [0.1, 0.15) is 0 Å². The zero-order valence-corrected chi connectivity index (χ0v) is 11.2. The van der Waals surface area contributed by atoms with Crippen LogP contribution in [-0.4, -0.2) is 54.1 Å². The predicted molar refractivity (Wildman–Crippen MR) is 72.0 cm³/mol. The van der Waals surface area contributed by atoms with Gasteiger partial charge in [0.1, 0.15) is 0 Å². The smallest absolute Gasteiger partial charge is 0.321 e. The fraction of sp³-hybridized carbons (Fsp3) is 0.429. The van der Waals surface area contributed by atoms with Crippen LogP contribution in [0.3, 0.4) is 0 Å². The molecule has 0 saturated carbocycles. The van der Waals surface area contributed by atoms with E-state index in [9.17, 15) is 14.0 Å². The van der Waals surface area contributed by atoms with E-state index < -0.39 is 17.5 Å². The average Bonchev–Trinajstić information content (AvgIpc) is 2.86. The second kappa shape index (κ2) is 4.47. The van der Waals surface area contributed by atoms with Gasteiger partial charge in [-0.3, -0.25) is 4.79 Å². The Bertz CT molecular complexity index is 551. The molecule has 0 spiro atoms. The van der Waals surface area contributed by atoms with E-state index in [0.717, 1.165) is 0 Å². The Morgan fingerprint density at radius 2 is 2.05 bits per heavy atom. The van der Waals surface area contributed by atoms with Crippen LogP contribution in [0.15, 0.2) is 30.3 Å². The Labute approximate surface area is 116 Å². The highest BCUT2D eigenvalue weighted by molar-refractivity contribution is 5.93. The van der Waals surface area contributed by atoms with Gasteiger partial charge in [0.2, 0.25) is 5.67 Å². The number of para-hydroxylation sites is 1. The highest BCUT2D eigenvalue weighted by Crippen LogP contribution is 2.38. The third kappa shape index (κ3) is 1.92. The normalized spacial score (nSPS) is 28.7. The summed E-state index contributed by atoms with van der Waals surface area (Å²) in [4.78, 5) is 26.7. The number of hydrogen-bond donors (Lipinski definition) is 1. The number of halogens is 1. The fourth-order valence-electron chi connectivity index (χ4n) is 2.94. The molecule has 3 amide bonds. The van der Waals surface area contributed by atoms with E-state index in [4.69, 9.17) is 0 Å². The van der Waals surface area contributed by atoms with Gasteiger partial charge < -0.3 is 15.1 Å². The minimum atomic E-state index is -1.91. The second-order valence-corrected chi connectivity index (χ2v) is 5.42.